The van der Waals surface area contributed by atoms with Crippen molar-refractivity contribution in [3.63, 3.8) is 0 Å². The number of aromatic nitrogens is 2. The Morgan fingerprint density at radius 2 is 2.30 bits per heavy atom. The van der Waals surface area contributed by atoms with Crippen LogP contribution in [0, 0.1) is 6.92 Å². The molecule has 0 spiro atoms. The second-order valence-electron chi connectivity index (χ2n) is 5.54. The molecule has 6 nitrogen and oxygen atoms in total. The largest absolute Gasteiger partial charge is 0.378 e. The molecular formula is C13H23N3O3S. The first kappa shape index (κ1) is 15.5. The molecule has 1 aliphatic heterocycles. The van der Waals surface area contributed by atoms with Gasteiger partial charge in [0.05, 0.1) is 24.2 Å². The molecule has 20 heavy (non-hydrogen) atoms. The van der Waals surface area contributed by atoms with E-state index in [2.05, 4.69) is 9.71 Å². The molecule has 1 aromatic heterocycles. The van der Waals surface area contributed by atoms with Gasteiger partial charge in [-0.25, -0.2) is 18.1 Å². The summed E-state index contributed by atoms with van der Waals surface area (Å²) >= 11 is 0. The molecule has 0 unspecified atom stereocenters. The van der Waals surface area contributed by atoms with Crippen molar-refractivity contribution in [1.29, 1.82) is 0 Å². The van der Waals surface area contributed by atoms with Crippen molar-refractivity contribution < 1.29 is 13.2 Å². The Bertz CT molecular complexity index is 551. The summed E-state index contributed by atoms with van der Waals surface area (Å²) in [4.78, 5) is 4.42. The first-order chi connectivity index (χ1) is 9.35. The van der Waals surface area contributed by atoms with Crippen LogP contribution in [0.3, 0.4) is 0 Å². The van der Waals surface area contributed by atoms with Crippen LogP contribution in [0.25, 0.3) is 0 Å². The van der Waals surface area contributed by atoms with Gasteiger partial charge in [-0.15, -0.1) is 0 Å². The highest BCUT2D eigenvalue weighted by Gasteiger charge is 2.23. The summed E-state index contributed by atoms with van der Waals surface area (Å²) in [6.07, 6.45) is 3.62. The quantitative estimate of drug-likeness (QED) is 0.845. The normalized spacial score (nSPS) is 19.3. The average Bonchev–Trinajstić information content (AvgIpc) is 2.66. The molecule has 2 heterocycles. The fourth-order valence-electron chi connectivity index (χ4n) is 2.39. The summed E-state index contributed by atoms with van der Waals surface area (Å²) in [5.41, 5.74) is 0.980. The topological polar surface area (TPSA) is 73.2 Å². The van der Waals surface area contributed by atoms with Crippen LogP contribution in [0.2, 0.25) is 0 Å². The van der Waals surface area contributed by atoms with Gasteiger partial charge in [0.15, 0.2) is 0 Å². The monoisotopic (exact) mass is 301 g/mol. The predicted octanol–water partition coefficient (Wildman–Crippen LogP) is 0.851. The number of ether oxygens (including phenoxy) is 1. The third kappa shape index (κ3) is 4.29. The summed E-state index contributed by atoms with van der Waals surface area (Å²) in [5, 5.41) is 0. The summed E-state index contributed by atoms with van der Waals surface area (Å²) in [6.45, 7) is 6.62. The maximum atomic E-state index is 12.0. The fraction of sp³-hybridized carbons (Fsp3) is 0.769. The highest BCUT2D eigenvalue weighted by atomic mass is 32.2. The molecule has 0 radical (unpaired) electrons. The lowest BCUT2D eigenvalue weighted by Gasteiger charge is -2.24. The Morgan fingerprint density at radius 3 is 3.00 bits per heavy atom. The van der Waals surface area contributed by atoms with Crippen LogP contribution < -0.4 is 4.72 Å². The van der Waals surface area contributed by atoms with Crippen molar-refractivity contribution >= 4 is 10.0 Å². The van der Waals surface area contributed by atoms with Crippen LogP contribution >= 0.6 is 0 Å². The van der Waals surface area contributed by atoms with E-state index in [1.54, 1.807) is 0 Å². The lowest BCUT2D eigenvalue weighted by molar-refractivity contribution is 0.0911. The molecular weight excluding hydrogens is 278 g/mol. The van der Waals surface area contributed by atoms with Crippen LogP contribution in [0.15, 0.2) is 6.20 Å². The lowest BCUT2D eigenvalue weighted by atomic mass is 10.1. The zero-order chi connectivity index (χ0) is 14.8. The zero-order valence-corrected chi connectivity index (χ0v) is 13.1. The molecule has 1 N–H and O–H groups in total. The number of imidazole rings is 1. The van der Waals surface area contributed by atoms with Gasteiger partial charge in [0.2, 0.25) is 10.0 Å². The van der Waals surface area contributed by atoms with E-state index in [0.29, 0.717) is 6.54 Å². The van der Waals surface area contributed by atoms with E-state index in [1.807, 2.05) is 31.5 Å². The number of hydrogen-bond acceptors (Lipinski definition) is 4. The number of rotatable bonds is 6. The van der Waals surface area contributed by atoms with E-state index in [-0.39, 0.29) is 24.5 Å². The van der Waals surface area contributed by atoms with Gasteiger partial charge in [-0.1, -0.05) is 0 Å². The first-order valence-electron chi connectivity index (χ1n) is 7.00. The lowest BCUT2D eigenvalue weighted by Crippen LogP contribution is -2.42. The van der Waals surface area contributed by atoms with E-state index < -0.39 is 10.0 Å². The Hall–Kier alpha value is -0.920. The molecule has 0 saturated heterocycles. The number of nitrogens with one attached hydrogen (secondary N) is 1. The van der Waals surface area contributed by atoms with Crippen molar-refractivity contribution in [2.24, 2.45) is 0 Å². The van der Waals surface area contributed by atoms with E-state index >= 15 is 0 Å². The number of sulfonamides is 1. The number of fused-ring (bicyclic) bond motifs is 1. The number of nitrogens with zero attached hydrogens (tertiary/aromatic N) is 2. The second-order valence-corrected chi connectivity index (χ2v) is 7.42. The van der Waals surface area contributed by atoms with Gasteiger partial charge in [-0.3, -0.25) is 0 Å². The molecule has 0 amide bonds. The van der Waals surface area contributed by atoms with Gasteiger partial charge in [-0.2, -0.15) is 0 Å². The Morgan fingerprint density at radius 1 is 1.55 bits per heavy atom. The minimum Gasteiger partial charge on any atom is -0.378 e. The van der Waals surface area contributed by atoms with Crippen molar-refractivity contribution in [2.75, 3.05) is 12.4 Å². The summed E-state index contributed by atoms with van der Waals surface area (Å²) in [7, 11) is -3.28. The minimum atomic E-state index is -3.28. The highest BCUT2D eigenvalue weighted by molar-refractivity contribution is 7.89. The van der Waals surface area contributed by atoms with Gasteiger partial charge >= 0.3 is 0 Å². The predicted molar refractivity (Wildman–Crippen MR) is 77.1 cm³/mol. The maximum Gasteiger partial charge on any atom is 0.214 e. The Kier molecular flexibility index (Phi) is 4.82. The zero-order valence-electron chi connectivity index (χ0n) is 12.3. The molecule has 1 atom stereocenters. The number of hydrogen-bond donors (Lipinski definition) is 1. The van der Waals surface area contributed by atoms with Gasteiger partial charge in [-0.05, 0) is 27.2 Å². The van der Waals surface area contributed by atoms with E-state index in [9.17, 15) is 8.42 Å². The van der Waals surface area contributed by atoms with E-state index in [4.69, 9.17) is 4.74 Å². The Balaban J connectivity index is 1.88. The van der Waals surface area contributed by atoms with Gasteiger partial charge in [0, 0.05) is 25.2 Å². The molecule has 114 valence electrons. The third-order valence-electron chi connectivity index (χ3n) is 3.26. The van der Waals surface area contributed by atoms with Crippen LogP contribution in [-0.2, 0) is 27.7 Å². The minimum absolute atomic E-state index is 0.0114. The molecule has 0 fully saturated rings. The average molecular weight is 301 g/mol. The van der Waals surface area contributed by atoms with E-state index in [0.717, 1.165) is 24.4 Å². The summed E-state index contributed by atoms with van der Waals surface area (Å²) in [5.74, 6) is 1.05. The van der Waals surface area contributed by atoms with Crippen molar-refractivity contribution in [2.45, 2.75) is 52.3 Å². The molecule has 7 heteroatoms. The molecule has 0 aliphatic carbocycles. The second kappa shape index (κ2) is 6.24. The smallest absolute Gasteiger partial charge is 0.214 e. The third-order valence-corrected chi connectivity index (χ3v) is 4.66. The van der Waals surface area contributed by atoms with Crippen molar-refractivity contribution in [1.82, 2.24) is 14.3 Å². The summed E-state index contributed by atoms with van der Waals surface area (Å²) in [6, 6.07) is -0.0554. The molecule has 0 saturated carbocycles. The maximum absolute atomic E-state index is 12.0. The van der Waals surface area contributed by atoms with E-state index in [1.165, 1.54) is 0 Å². The number of aryl methyl sites for hydroxylation is 2. The SMILES string of the molecule is Cc1cn2c(n1)CC[C@H](NS(=O)(=O)CCOC(C)C)C2. The molecule has 0 bridgehead atoms. The first-order valence-corrected chi connectivity index (χ1v) is 8.65. The standard InChI is InChI=1S/C13H23N3O3S/c1-10(2)19-6-7-20(17,18)15-12-4-5-13-14-11(3)8-16(13)9-12/h8,10,12,15H,4-7,9H2,1-3H3/t12-/m0/s1. The summed E-state index contributed by atoms with van der Waals surface area (Å²) < 4.78 is 34.1. The van der Waals surface area contributed by atoms with Crippen LogP contribution in [-0.4, -0.2) is 42.5 Å². The van der Waals surface area contributed by atoms with Crippen LogP contribution in [0.1, 0.15) is 31.8 Å². The van der Waals surface area contributed by atoms with Crippen LogP contribution in [0.5, 0.6) is 0 Å². The molecule has 1 aromatic rings. The van der Waals surface area contributed by atoms with Crippen molar-refractivity contribution in [3.05, 3.63) is 17.7 Å². The van der Waals surface area contributed by atoms with Gasteiger partial charge in [0.25, 0.3) is 0 Å². The van der Waals surface area contributed by atoms with Gasteiger partial charge in [0.1, 0.15) is 5.82 Å². The molecule has 0 aromatic carbocycles. The fourth-order valence-corrected chi connectivity index (χ4v) is 3.52. The Labute approximate surface area is 120 Å². The molecule has 1 aliphatic rings. The highest BCUT2D eigenvalue weighted by Crippen LogP contribution is 2.15. The molecule has 2 rings (SSSR count). The van der Waals surface area contributed by atoms with Crippen molar-refractivity contribution in [3.8, 4) is 0 Å². The van der Waals surface area contributed by atoms with Crippen LogP contribution in [0.4, 0.5) is 0 Å². The van der Waals surface area contributed by atoms with Gasteiger partial charge < -0.3 is 9.30 Å².